The van der Waals surface area contributed by atoms with Crippen molar-refractivity contribution in [3.05, 3.63) is 59.0 Å². The van der Waals surface area contributed by atoms with Gasteiger partial charge in [-0.1, -0.05) is 18.6 Å². The quantitative estimate of drug-likeness (QED) is 0.546. The predicted octanol–water partition coefficient (Wildman–Crippen LogP) is 3.35. The number of fused-ring (bicyclic) bond motifs is 1. The molecule has 5 heteroatoms. The number of amides is 2. The number of imide groups is 1. The molecule has 2 amide bonds. The third kappa shape index (κ3) is 3.99. The molecule has 1 aromatic heterocycles. The number of hydrogen-bond donors (Lipinski definition) is 0. The second-order valence-corrected chi connectivity index (χ2v) is 6.72. The number of aryl methyl sites for hydroxylation is 1. The number of rotatable bonds is 8. The van der Waals surface area contributed by atoms with Gasteiger partial charge in [0.05, 0.1) is 17.7 Å². The molecular formula is C20H24N2O3. The SMILES string of the molecule is CN(C)Cc1ccc(CCCCCN2C(=O)c3ccccc3C2=O)o1. The van der Waals surface area contributed by atoms with Gasteiger partial charge in [0.2, 0.25) is 0 Å². The van der Waals surface area contributed by atoms with Crippen LogP contribution in [0.1, 0.15) is 51.5 Å². The summed E-state index contributed by atoms with van der Waals surface area (Å²) >= 11 is 0. The monoisotopic (exact) mass is 340 g/mol. The Kier molecular flexibility index (Phi) is 5.34. The predicted molar refractivity (Wildman–Crippen MR) is 95.5 cm³/mol. The molecule has 0 saturated heterocycles. The molecule has 1 aromatic carbocycles. The molecule has 0 atom stereocenters. The smallest absolute Gasteiger partial charge is 0.261 e. The van der Waals surface area contributed by atoms with Crippen molar-refractivity contribution in [2.45, 2.75) is 32.2 Å². The summed E-state index contributed by atoms with van der Waals surface area (Å²) in [5, 5.41) is 0. The lowest BCUT2D eigenvalue weighted by atomic mass is 10.1. The zero-order valence-corrected chi connectivity index (χ0v) is 14.8. The molecule has 0 radical (unpaired) electrons. The van der Waals surface area contributed by atoms with Gasteiger partial charge < -0.3 is 9.32 Å². The summed E-state index contributed by atoms with van der Waals surface area (Å²) in [4.78, 5) is 28.0. The Morgan fingerprint density at radius 1 is 0.880 bits per heavy atom. The Hall–Kier alpha value is -2.40. The third-order valence-corrected chi connectivity index (χ3v) is 4.37. The first kappa shape index (κ1) is 17.4. The van der Waals surface area contributed by atoms with Crippen LogP contribution in [0.4, 0.5) is 0 Å². The first-order chi connectivity index (χ1) is 12.1. The molecule has 0 unspecified atom stereocenters. The molecule has 5 nitrogen and oxygen atoms in total. The highest BCUT2D eigenvalue weighted by Crippen LogP contribution is 2.23. The van der Waals surface area contributed by atoms with Crippen LogP contribution < -0.4 is 0 Å². The molecule has 0 saturated carbocycles. The van der Waals surface area contributed by atoms with Gasteiger partial charge in [-0.2, -0.15) is 0 Å². The molecule has 0 N–H and O–H groups in total. The molecule has 132 valence electrons. The van der Waals surface area contributed by atoms with Crippen LogP contribution in [0.2, 0.25) is 0 Å². The largest absolute Gasteiger partial charge is 0.465 e. The lowest BCUT2D eigenvalue weighted by molar-refractivity contribution is 0.0651. The Bertz CT molecular complexity index is 729. The third-order valence-electron chi connectivity index (χ3n) is 4.37. The van der Waals surface area contributed by atoms with Crippen molar-refractivity contribution in [3.63, 3.8) is 0 Å². The van der Waals surface area contributed by atoms with E-state index in [4.69, 9.17) is 4.42 Å². The number of nitrogens with zero attached hydrogens (tertiary/aromatic N) is 2. The number of furan rings is 1. The van der Waals surface area contributed by atoms with Crippen LogP contribution in [0, 0.1) is 0 Å². The van der Waals surface area contributed by atoms with Crippen LogP contribution in [0.25, 0.3) is 0 Å². The second-order valence-electron chi connectivity index (χ2n) is 6.72. The standard InChI is InChI=1S/C20H24N2O3/c1-21(2)14-16-12-11-15(25-16)8-4-3-7-13-22-19(23)17-9-5-6-10-18(17)20(22)24/h5-6,9-12H,3-4,7-8,13-14H2,1-2H3. The van der Waals surface area contributed by atoms with Crippen molar-refractivity contribution in [1.82, 2.24) is 9.80 Å². The fraction of sp³-hybridized carbons (Fsp3) is 0.400. The van der Waals surface area contributed by atoms with Crippen molar-refractivity contribution in [2.75, 3.05) is 20.6 Å². The van der Waals surface area contributed by atoms with Gasteiger partial charge in [-0.3, -0.25) is 14.5 Å². The van der Waals surface area contributed by atoms with E-state index in [1.165, 1.54) is 4.90 Å². The van der Waals surface area contributed by atoms with E-state index in [2.05, 4.69) is 4.90 Å². The van der Waals surface area contributed by atoms with Gasteiger partial charge in [-0.05, 0) is 51.2 Å². The number of unbranched alkanes of at least 4 members (excludes halogenated alkanes) is 2. The average Bonchev–Trinajstić information content (AvgIpc) is 3.12. The van der Waals surface area contributed by atoms with E-state index in [0.29, 0.717) is 17.7 Å². The van der Waals surface area contributed by atoms with Crippen LogP contribution in [-0.4, -0.2) is 42.3 Å². The average molecular weight is 340 g/mol. The molecule has 25 heavy (non-hydrogen) atoms. The Balaban J connectivity index is 1.41. The normalized spacial score (nSPS) is 13.8. The van der Waals surface area contributed by atoms with Gasteiger partial charge in [-0.25, -0.2) is 0 Å². The van der Waals surface area contributed by atoms with E-state index in [9.17, 15) is 9.59 Å². The fourth-order valence-electron chi connectivity index (χ4n) is 3.14. The topological polar surface area (TPSA) is 53.8 Å². The first-order valence-corrected chi connectivity index (χ1v) is 8.74. The van der Waals surface area contributed by atoms with Crippen LogP contribution in [0.5, 0.6) is 0 Å². The van der Waals surface area contributed by atoms with Crippen LogP contribution in [0.3, 0.4) is 0 Å². The molecule has 2 heterocycles. The maximum Gasteiger partial charge on any atom is 0.261 e. The Morgan fingerprint density at radius 2 is 1.52 bits per heavy atom. The van der Waals surface area contributed by atoms with Crippen molar-refractivity contribution in [2.24, 2.45) is 0 Å². The molecule has 1 aliphatic heterocycles. The van der Waals surface area contributed by atoms with E-state index in [0.717, 1.165) is 43.7 Å². The number of carbonyl (C=O) groups is 2. The molecular weight excluding hydrogens is 316 g/mol. The minimum atomic E-state index is -0.167. The van der Waals surface area contributed by atoms with Gasteiger partial charge in [-0.15, -0.1) is 0 Å². The lowest BCUT2D eigenvalue weighted by Gasteiger charge is -2.13. The van der Waals surface area contributed by atoms with Crippen molar-refractivity contribution in [3.8, 4) is 0 Å². The fourth-order valence-corrected chi connectivity index (χ4v) is 3.14. The summed E-state index contributed by atoms with van der Waals surface area (Å²) in [6, 6.07) is 11.1. The maximum absolute atomic E-state index is 12.3. The Morgan fingerprint density at radius 3 is 2.16 bits per heavy atom. The summed E-state index contributed by atoms with van der Waals surface area (Å²) in [5.74, 6) is 1.64. The molecule has 0 bridgehead atoms. The molecule has 3 rings (SSSR count). The van der Waals surface area contributed by atoms with Crippen LogP contribution in [0.15, 0.2) is 40.8 Å². The number of benzene rings is 1. The van der Waals surface area contributed by atoms with Crippen LogP contribution >= 0.6 is 0 Å². The van der Waals surface area contributed by atoms with Gasteiger partial charge >= 0.3 is 0 Å². The highest BCUT2D eigenvalue weighted by Gasteiger charge is 2.34. The minimum Gasteiger partial charge on any atom is -0.465 e. The van der Waals surface area contributed by atoms with E-state index in [1.54, 1.807) is 24.3 Å². The van der Waals surface area contributed by atoms with E-state index in [1.807, 2.05) is 26.2 Å². The summed E-state index contributed by atoms with van der Waals surface area (Å²) < 4.78 is 5.79. The van der Waals surface area contributed by atoms with Crippen molar-refractivity contribution >= 4 is 11.8 Å². The van der Waals surface area contributed by atoms with Gasteiger partial charge in [0.1, 0.15) is 11.5 Å². The van der Waals surface area contributed by atoms with Crippen LogP contribution in [-0.2, 0) is 13.0 Å². The van der Waals surface area contributed by atoms with Gasteiger partial charge in [0.25, 0.3) is 11.8 Å². The van der Waals surface area contributed by atoms with E-state index >= 15 is 0 Å². The lowest BCUT2D eigenvalue weighted by Crippen LogP contribution is -2.30. The number of hydrogen-bond acceptors (Lipinski definition) is 4. The van der Waals surface area contributed by atoms with Crippen molar-refractivity contribution < 1.29 is 14.0 Å². The van der Waals surface area contributed by atoms with Gasteiger partial charge in [0.15, 0.2) is 0 Å². The molecule has 2 aromatic rings. The maximum atomic E-state index is 12.3. The Labute approximate surface area is 148 Å². The molecule has 0 spiro atoms. The zero-order valence-electron chi connectivity index (χ0n) is 14.8. The van der Waals surface area contributed by atoms with E-state index in [-0.39, 0.29) is 11.8 Å². The zero-order chi connectivity index (χ0) is 17.8. The van der Waals surface area contributed by atoms with Gasteiger partial charge in [0, 0.05) is 13.0 Å². The summed E-state index contributed by atoms with van der Waals surface area (Å²) in [5.41, 5.74) is 1.05. The summed E-state index contributed by atoms with van der Waals surface area (Å²) in [6.45, 7) is 1.29. The van der Waals surface area contributed by atoms with E-state index < -0.39 is 0 Å². The number of carbonyl (C=O) groups excluding carboxylic acids is 2. The summed E-state index contributed by atoms with van der Waals surface area (Å²) in [7, 11) is 4.03. The highest BCUT2D eigenvalue weighted by atomic mass is 16.3. The first-order valence-electron chi connectivity index (χ1n) is 8.74. The molecule has 0 fully saturated rings. The second kappa shape index (κ2) is 7.66. The highest BCUT2D eigenvalue weighted by molar-refractivity contribution is 6.21. The minimum absolute atomic E-state index is 0.167. The molecule has 0 aliphatic carbocycles. The molecule has 1 aliphatic rings. The summed E-state index contributed by atoms with van der Waals surface area (Å²) in [6.07, 6.45) is 3.64. The van der Waals surface area contributed by atoms with Crippen molar-refractivity contribution in [1.29, 1.82) is 0 Å².